The van der Waals surface area contributed by atoms with Gasteiger partial charge in [0, 0.05) is 19.7 Å². The van der Waals surface area contributed by atoms with Gasteiger partial charge in [0.05, 0.1) is 20.8 Å². The molecule has 2 amide bonds. The van der Waals surface area contributed by atoms with Gasteiger partial charge in [-0.15, -0.1) is 0 Å². The van der Waals surface area contributed by atoms with E-state index in [4.69, 9.17) is 14.2 Å². The molecule has 1 saturated heterocycles. The van der Waals surface area contributed by atoms with Crippen LogP contribution in [-0.4, -0.2) is 68.7 Å². The third-order valence-electron chi connectivity index (χ3n) is 5.73. The number of carbonyl (C=O) groups excluding carboxylic acids is 2. The highest BCUT2D eigenvalue weighted by Crippen LogP contribution is 2.36. The second kappa shape index (κ2) is 9.28. The first-order valence-corrected chi connectivity index (χ1v) is 9.91. The van der Waals surface area contributed by atoms with Crippen LogP contribution in [0.5, 0.6) is 11.5 Å². The molecule has 1 aliphatic heterocycles. The summed E-state index contributed by atoms with van der Waals surface area (Å²) in [5.41, 5.74) is 0.729. The van der Waals surface area contributed by atoms with E-state index >= 15 is 0 Å². The summed E-state index contributed by atoms with van der Waals surface area (Å²) in [6.07, 6.45) is 5.35. The molecule has 0 unspecified atom stereocenters. The molecule has 1 atom stereocenters. The van der Waals surface area contributed by atoms with Crippen molar-refractivity contribution in [2.24, 2.45) is 0 Å². The number of piperazine rings is 1. The predicted molar refractivity (Wildman–Crippen MR) is 104 cm³/mol. The molecule has 0 bridgehead atoms. The number of benzene rings is 1. The lowest BCUT2D eigenvalue weighted by Gasteiger charge is -2.44. The molecule has 7 nitrogen and oxygen atoms in total. The number of rotatable bonds is 7. The average molecular weight is 390 g/mol. The Balaban J connectivity index is 1.95. The van der Waals surface area contributed by atoms with Crippen LogP contribution in [0.15, 0.2) is 18.2 Å². The van der Waals surface area contributed by atoms with Gasteiger partial charge in [0.15, 0.2) is 11.5 Å². The molecule has 1 aromatic carbocycles. The summed E-state index contributed by atoms with van der Waals surface area (Å²) in [7, 11) is 4.73. The van der Waals surface area contributed by atoms with E-state index in [0.717, 1.165) is 31.2 Å². The first-order chi connectivity index (χ1) is 13.6. The van der Waals surface area contributed by atoms with Crippen molar-refractivity contribution < 1.29 is 23.8 Å². The summed E-state index contributed by atoms with van der Waals surface area (Å²) in [6.45, 7) is 0.905. The quantitative estimate of drug-likeness (QED) is 0.715. The monoisotopic (exact) mass is 390 g/mol. The smallest absolute Gasteiger partial charge is 0.250 e. The van der Waals surface area contributed by atoms with Crippen molar-refractivity contribution in [3.05, 3.63) is 23.8 Å². The zero-order chi connectivity index (χ0) is 20.1. The minimum absolute atomic E-state index is 0.0187. The summed E-state index contributed by atoms with van der Waals surface area (Å²) in [4.78, 5) is 29.9. The average Bonchev–Trinajstić information content (AvgIpc) is 2.74. The Hall–Kier alpha value is -2.28. The van der Waals surface area contributed by atoms with Gasteiger partial charge in [-0.05, 0) is 30.5 Å². The Morgan fingerprint density at radius 1 is 1.00 bits per heavy atom. The van der Waals surface area contributed by atoms with E-state index in [9.17, 15) is 9.59 Å². The molecule has 1 saturated carbocycles. The Labute approximate surface area is 166 Å². The second-order valence-corrected chi connectivity index (χ2v) is 7.35. The maximum absolute atomic E-state index is 13.5. The van der Waals surface area contributed by atoms with Gasteiger partial charge in [-0.2, -0.15) is 0 Å². The van der Waals surface area contributed by atoms with E-state index in [-0.39, 0.29) is 24.4 Å². The van der Waals surface area contributed by atoms with Crippen molar-refractivity contribution in [2.75, 3.05) is 41.0 Å². The number of hydrogen-bond donors (Lipinski definition) is 0. The van der Waals surface area contributed by atoms with Crippen LogP contribution < -0.4 is 9.47 Å². The predicted octanol–water partition coefficient (Wildman–Crippen LogP) is 2.39. The van der Waals surface area contributed by atoms with Crippen LogP contribution in [0.25, 0.3) is 0 Å². The molecule has 0 N–H and O–H groups in total. The molecule has 0 spiro atoms. The van der Waals surface area contributed by atoms with E-state index < -0.39 is 6.04 Å². The van der Waals surface area contributed by atoms with Gasteiger partial charge in [0.25, 0.3) is 5.91 Å². The lowest BCUT2D eigenvalue weighted by molar-refractivity contribution is -0.159. The lowest BCUT2D eigenvalue weighted by Crippen LogP contribution is -2.59. The Bertz CT molecular complexity index is 702. The fraction of sp³-hybridized carbons (Fsp3) is 0.619. The molecule has 1 aromatic rings. The van der Waals surface area contributed by atoms with Crippen molar-refractivity contribution in [1.82, 2.24) is 9.80 Å². The zero-order valence-corrected chi connectivity index (χ0v) is 17.0. The van der Waals surface area contributed by atoms with Crippen molar-refractivity contribution in [3.8, 4) is 11.5 Å². The van der Waals surface area contributed by atoms with Gasteiger partial charge in [-0.3, -0.25) is 9.59 Å². The molecule has 1 heterocycles. The molecule has 0 aromatic heterocycles. The standard InChI is InChI=1S/C21H30N2O5/c1-26-12-11-22-19(24)14-23(16-7-5-4-6-8-16)21(25)20(22)15-9-10-17(27-2)18(13-15)28-3/h9-10,13,16,20H,4-8,11-12,14H2,1-3H3/t20-/m0/s1. The van der Waals surface area contributed by atoms with Crippen molar-refractivity contribution in [3.63, 3.8) is 0 Å². The second-order valence-electron chi connectivity index (χ2n) is 7.35. The maximum Gasteiger partial charge on any atom is 0.250 e. The van der Waals surface area contributed by atoms with Gasteiger partial charge in [0.1, 0.15) is 12.6 Å². The SMILES string of the molecule is COCCN1C(=O)CN(C2CCCCC2)C(=O)[C@@H]1c1ccc(OC)c(OC)c1. The van der Waals surface area contributed by atoms with Gasteiger partial charge in [-0.25, -0.2) is 0 Å². The van der Waals surface area contributed by atoms with Crippen LogP contribution in [0.2, 0.25) is 0 Å². The van der Waals surface area contributed by atoms with Crippen LogP contribution >= 0.6 is 0 Å². The third-order valence-corrected chi connectivity index (χ3v) is 5.73. The summed E-state index contributed by atoms with van der Waals surface area (Å²) in [5.74, 6) is 1.08. The van der Waals surface area contributed by atoms with Gasteiger partial charge in [0.2, 0.25) is 5.91 Å². The first-order valence-electron chi connectivity index (χ1n) is 9.91. The highest BCUT2D eigenvalue weighted by molar-refractivity contribution is 5.96. The van der Waals surface area contributed by atoms with Gasteiger partial charge < -0.3 is 24.0 Å². The molecule has 28 heavy (non-hydrogen) atoms. The summed E-state index contributed by atoms with van der Waals surface area (Å²) in [6, 6.07) is 4.88. The molecular formula is C21H30N2O5. The van der Waals surface area contributed by atoms with E-state index in [2.05, 4.69) is 0 Å². The highest BCUT2D eigenvalue weighted by Gasteiger charge is 2.43. The van der Waals surface area contributed by atoms with Gasteiger partial charge >= 0.3 is 0 Å². The Morgan fingerprint density at radius 3 is 2.36 bits per heavy atom. The molecule has 2 aliphatic rings. The zero-order valence-electron chi connectivity index (χ0n) is 17.0. The number of carbonyl (C=O) groups is 2. The number of methoxy groups -OCH3 is 3. The largest absolute Gasteiger partial charge is 0.493 e. The molecule has 1 aliphatic carbocycles. The minimum atomic E-state index is -0.668. The molecule has 3 rings (SSSR count). The van der Waals surface area contributed by atoms with E-state index in [1.54, 1.807) is 43.3 Å². The number of amides is 2. The fourth-order valence-corrected chi connectivity index (χ4v) is 4.24. The summed E-state index contributed by atoms with van der Waals surface area (Å²) < 4.78 is 15.9. The number of ether oxygens (including phenoxy) is 3. The van der Waals surface area contributed by atoms with E-state index in [1.807, 2.05) is 6.07 Å². The van der Waals surface area contributed by atoms with Crippen LogP contribution in [-0.2, 0) is 14.3 Å². The van der Waals surface area contributed by atoms with Crippen LogP contribution in [0, 0.1) is 0 Å². The van der Waals surface area contributed by atoms with Crippen LogP contribution in [0.1, 0.15) is 43.7 Å². The van der Waals surface area contributed by atoms with Crippen molar-refractivity contribution in [1.29, 1.82) is 0 Å². The van der Waals surface area contributed by atoms with Crippen molar-refractivity contribution in [2.45, 2.75) is 44.2 Å². The maximum atomic E-state index is 13.5. The summed E-state index contributed by atoms with van der Waals surface area (Å²) >= 11 is 0. The number of hydrogen-bond acceptors (Lipinski definition) is 5. The lowest BCUT2D eigenvalue weighted by atomic mass is 9.91. The normalized spacial score (nSPS) is 21.2. The molecule has 154 valence electrons. The Kier molecular flexibility index (Phi) is 6.78. The molecule has 0 radical (unpaired) electrons. The molecular weight excluding hydrogens is 360 g/mol. The molecule has 2 fully saturated rings. The first kappa shape index (κ1) is 20.5. The van der Waals surface area contributed by atoms with Crippen LogP contribution in [0.3, 0.4) is 0 Å². The van der Waals surface area contributed by atoms with Gasteiger partial charge in [-0.1, -0.05) is 25.3 Å². The highest BCUT2D eigenvalue weighted by atomic mass is 16.5. The van der Waals surface area contributed by atoms with Crippen molar-refractivity contribution >= 4 is 11.8 Å². The van der Waals surface area contributed by atoms with E-state index in [0.29, 0.717) is 24.7 Å². The fourth-order valence-electron chi connectivity index (χ4n) is 4.24. The van der Waals surface area contributed by atoms with E-state index in [1.165, 1.54) is 6.42 Å². The molecule has 7 heteroatoms. The van der Waals surface area contributed by atoms with Crippen LogP contribution in [0.4, 0.5) is 0 Å². The Morgan fingerprint density at radius 2 is 1.71 bits per heavy atom. The third kappa shape index (κ3) is 4.09. The summed E-state index contributed by atoms with van der Waals surface area (Å²) in [5, 5.41) is 0. The number of nitrogens with zero attached hydrogens (tertiary/aromatic N) is 2. The minimum Gasteiger partial charge on any atom is -0.493 e. The topological polar surface area (TPSA) is 68.3 Å².